The summed E-state index contributed by atoms with van der Waals surface area (Å²) in [5, 5.41) is 26.9. The zero-order valence-corrected chi connectivity index (χ0v) is 41.0. The minimum Gasteiger partial charge on any atom is -0.423 e. The summed E-state index contributed by atoms with van der Waals surface area (Å²) in [5.41, 5.74) is 5.20. The molecule has 0 atom stereocenters. The van der Waals surface area contributed by atoms with Crippen LogP contribution in [0.4, 0.5) is 0 Å². The van der Waals surface area contributed by atoms with E-state index in [4.69, 9.17) is 36.6 Å². The van der Waals surface area contributed by atoms with E-state index >= 15 is 0 Å². The molecule has 12 heteroatoms. The summed E-state index contributed by atoms with van der Waals surface area (Å²) >= 11 is 13.0. The zero-order chi connectivity index (χ0) is 48.0. The highest BCUT2D eigenvalue weighted by Crippen LogP contribution is 2.31. The molecule has 2 heterocycles. The lowest BCUT2D eigenvalue weighted by molar-refractivity contribution is 0.425. The van der Waals surface area contributed by atoms with E-state index in [0.29, 0.717) is 34.6 Å². The molecule has 2 aromatic heterocycles. The molecule has 0 spiro atoms. The monoisotopic (exact) mass is 1050 g/mol. The normalized spacial score (nSPS) is 10.9. The van der Waals surface area contributed by atoms with Gasteiger partial charge in [0.25, 0.3) is 0 Å². The maximum atomic E-state index is 8.68. The molecule has 0 radical (unpaired) electrons. The lowest BCUT2D eigenvalue weighted by Crippen LogP contribution is -2.29. The molecule has 0 aliphatic rings. The van der Waals surface area contributed by atoms with Crippen LogP contribution in [0.2, 0.25) is 5.28 Å². The smallest absolute Gasteiger partial charge is 0.423 e. The van der Waals surface area contributed by atoms with Crippen LogP contribution in [0.15, 0.2) is 227 Å². The van der Waals surface area contributed by atoms with Crippen molar-refractivity contribution in [3.8, 4) is 56.9 Å². The van der Waals surface area contributed by atoms with Gasteiger partial charge in [0, 0.05) is 36.8 Å². The van der Waals surface area contributed by atoms with Crippen LogP contribution in [0.5, 0.6) is 0 Å². The number of aromatic nitrogens is 6. The van der Waals surface area contributed by atoms with Crippen LogP contribution in [0.25, 0.3) is 100 Å². The van der Waals surface area contributed by atoms with Gasteiger partial charge >= 0.3 is 7.12 Å². The van der Waals surface area contributed by atoms with Crippen molar-refractivity contribution in [2.45, 2.75) is 0 Å². The molecule has 0 saturated carbocycles. The Kier molecular flexibility index (Phi) is 13.9. The quantitative estimate of drug-likeness (QED) is 0.158. The van der Waals surface area contributed by atoms with Crippen molar-refractivity contribution in [1.82, 2.24) is 29.9 Å². The molecule has 336 valence electrons. The fourth-order valence-electron chi connectivity index (χ4n) is 7.98. The Labute approximate surface area is 425 Å². The Morgan fingerprint density at radius 2 is 0.600 bits per heavy atom. The Morgan fingerprint density at radius 3 is 0.914 bits per heavy atom. The third kappa shape index (κ3) is 10.8. The van der Waals surface area contributed by atoms with Gasteiger partial charge in [-0.05, 0) is 109 Å². The summed E-state index contributed by atoms with van der Waals surface area (Å²) in [5.74, 6) is 3.12. The third-order valence-corrected chi connectivity index (χ3v) is 12.7. The molecule has 0 aliphatic carbocycles. The van der Waals surface area contributed by atoms with Gasteiger partial charge in [0.15, 0.2) is 29.1 Å². The minimum atomic E-state index is -1.38. The van der Waals surface area contributed by atoms with Gasteiger partial charge in [-0.3, -0.25) is 0 Å². The molecule has 0 amide bonds. The lowest BCUT2D eigenvalue weighted by Gasteiger charge is -2.10. The molecule has 2 N–H and O–H groups in total. The lowest BCUT2D eigenvalue weighted by atomic mass is 9.81. The van der Waals surface area contributed by atoms with Crippen LogP contribution in [0.1, 0.15) is 0 Å². The van der Waals surface area contributed by atoms with Crippen molar-refractivity contribution in [3.63, 3.8) is 0 Å². The molecule has 10 aromatic carbocycles. The molecule has 0 aliphatic heterocycles. The first-order valence-electron chi connectivity index (χ1n) is 22.2. The average Bonchev–Trinajstić information content (AvgIpc) is 3.40. The minimum absolute atomic E-state index is 0.191. The summed E-state index contributed by atoms with van der Waals surface area (Å²) in [6, 6.07) is 72.9. The van der Waals surface area contributed by atoms with Gasteiger partial charge in [-0.15, -0.1) is 0 Å². The fourth-order valence-corrected chi connectivity index (χ4v) is 8.96. The fraction of sp³-hybridized carbons (Fsp3) is 0. The van der Waals surface area contributed by atoms with Gasteiger partial charge in [0.2, 0.25) is 5.28 Å². The van der Waals surface area contributed by atoms with Gasteiger partial charge in [-0.25, -0.2) is 19.9 Å². The second-order valence-corrected chi connectivity index (χ2v) is 18.4. The summed E-state index contributed by atoms with van der Waals surface area (Å²) < 4.78 is 1.83. The highest BCUT2D eigenvalue weighted by Gasteiger charge is 2.15. The Hall–Kier alpha value is -7.51. The number of rotatable bonds is 6. The predicted molar refractivity (Wildman–Crippen MR) is 294 cm³/mol. The van der Waals surface area contributed by atoms with E-state index in [9.17, 15) is 0 Å². The Bertz CT molecular complexity index is 3670. The van der Waals surface area contributed by atoms with Gasteiger partial charge < -0.3 is 10.0 Å². The number of halogens is 3. The van der Waals surface area contributed by atoms with Crippen LogP contribution >= 0.6 is 43.5 Å². The first kappa shape index (κ1) is 46.2. The van der Waals surface area contributed by atoms with Crippen molar-refractivity contribution >= 4 is 99.1 Å². The highest BCUT2D eigenvalue weighted by atomic mass is 79.9. The molecule has 0 fully saturated rings. The number of hydrogen-bond donors (Lipinski definition) is 2. The van der Waals surface area contributed by atoms with Gasteiger partial charge in [-0.1, -0.05) is 202 Å². The van der Waals surface area contributed by atoms with E-state index in [1.165, 1.54) is 21.5 Å². The second-order valence-electron chi connectivity index (χ2n) is 16.2. The highest BCUT2D eigenvalue weighted by molar-refractivity contribution is 9.10. The van der Waals surface area contributed by atoms with Gasteiger partial charge in [0.05, 0.1) is 0 Å². The SMILES string of the molecule is Brc1cccc(-c2nc(-c3ccc4ccccc4c3)nc(-c3ccc4ccccc4c3)n2)c1.Clc1nc(-c2ccc3ccccc3c2)nc(-c2ccc3ccccc3c2)n1.OB(O)c1cccc(Br)c1. The maximum absolute atomic E-state index is 8.68. The summed E-state index contributed by atoms with van der Waals surface area (Å²) in [6.07, 6.45) is 0. The molecule has 12 rings (SSSR count). The Balaban J connectivity index is 0.000000138. The molecular weight excluding hydrogens is 1020 g/mol. The van der Waals surface area contributed by atoms with E-state index in [2.05, 4.69) is 156 Å². The van der Waals surface area contributed by atoms with Crippen LogP contribution < -0.4 is 5.46 Å². The predicted octanol–water partition coefficient (Wildman–Crippen LogP) is 14.2. The summed E-state index contributed by atoms with van der Waals surface area (Å²) in [6.45, 7) is 0. The van der Waals surface area contributed by atoms with E-state index in [0.717, 1.165) is 58.3 Å². The third-order valence-electron chi connectivity index (χ3n) is 11.5. The van der Waals surface area contributed by atoms with Gasteiger partial charge in [0.1, 0.15) is 0 Å². The van der Waals surface area contributed by atoms with E-state index in [1.54, 1.807) is 18.2 Å². The number of nitrogens with zero attached hydrogens (tertiary/aromatic N) is 6. The van der Waals surface area contributed by atoms with E-state index in [1.807, 2.05) is 91.0 Å². The zero-order valence-electron chi connectivity index (χ0n) is 37.1. The number of fused-ring (bicyclic) bond motifs is 4. The van der Waals surface area contributed by atoms with Crippen molar-refractivity contribution in [2.24, 2.45) is 0 Å². The maximum Gasteiger partial charge on any atom is 0.488 e. The largest absolute Gasteiger partial charge is 0.488 e. The molecule has 12 aromatic rings. The van der Waals surface area contributed by atoms with Gasteiger partial charge in [-0.2, -0.15) is 9.97 Å². The van der Waals surface area contributed by atoms with Crippen LogP contribution in [-0.4, -0.2) is 47.1 Å². The van der Waals surface area contributed by atoms with E-state index in [-0.39, 0.29) is 5.28 Å². The first-order valence-corrected chi connectivity index (χ1v) is 24.2. The molecule has 0 saturated heterocycles. The second kappa shape index (κ2) is 21.0. The standard InChI is InChI=1S/C29H18BrN3.C23H14ClN3.C6H6BBrO2/c30-26-11-5-10-23(18-26)27-31-28(24-14-12-19-6-1-3-8-21(19)16-24)33-29(32-27)25-15-13-20-7-2-4-9-22(20)17-25;24-23-26-21(19-11-9-15-5-1-3-7-17(15)13-19)25-22(27-23)20-12-10-16-6-2-4-8-18(16)14-20;8-6-3-1-2-5(4-6)7(9)10/h1-18H;1-14H;1-4,9-10H. The van der Waals surface area contributed by atoms with Crippen molar-refractivity contribution in [2.75, 3.05) is 0 Å². The molecule has 70 heavy (non-hydrogen) atoms. The Morgan fingerprint density at radius 1 is 0.300 bits per heavy atom. The summed E-state index contributed by atoms with van der Waals surface area (Å²) in [4.78, 5) is 28.0. The molecule has 0 bridgehead atoms. The van der Waals surface area contributed by atoms with Crippen molar-refractivity contribution < 1.29 is 10.0 Å². The van der Waals surface area contributed by atoms with Crippen LogP contribution in [-0.2, 0) is 0 Å². The molecule has 0 unspecified atom stereocenters. The van der Waals surface area contributed by atoms with Crippen LogP contribution in [0.3, 0.4) is 0 Å². The average molecular weight is 1060 g/mol. The summed E-state index contributed by atoms with van der Waals surface area (Å²) in [7, 11) is -1.38. The molecule has 8 nitrogen and oxygen atoms in total. The topological polar surface area (TPSA) is 118 Å². The molecular formula is C58H38BBr2ClN6O2. The number of benzene rings is 10. The first-order chi connectivity index (χ1) is 34.2. The van der Waals surface area contributed by atoms with Crippen molar-refractivity contribution in [1.29, 1.82) is 0 Å². The van der Waals surface area contributed by atoms with Crippen LogP contribution in [0, 0.1) is 0 Å². The van der Waals surface area contributed by atoms with Crippen molar-refractivity contribution in [3.05, 3.63) is 233 Å². The number of hydrogen-bond acceptors (Lipinski definition) is 8. The van der Waals surface area contributed by atoms with E-state index < -0.39 is 7.12 Å².